The maximum atomic E-state index is 12.2. The van der Waals surface area contributed by atoms with Gasteiger partial charge in [-0.3, -0.25) is 9.71 Å². The first-order valence-corrected chi connectivity index (χ1v) is 8.93. The fourth-order valence-corrected chi connectivity index (χ4v) is 3.11. The first-order valence-electron chi connectivity index (χ1n) is 7.45. The van der Waals surface area contributed by atoms with Crippen molar-refractivity contribution in [3.05, 3.63) is 84.6 Å². The Labute approximate surface area is 141 Å². The van der Waals surface area contributed by atoms with Crippen LogP contribution in [-0.2, 0) is 16.8 Å². The lowest BCUT2D eigenvalue weighted by molar-refractivity contribution is 0.587. The van der Waals surface area contributed by atoms with Crippen molar-refractivity contribution in [1.29, 1.82) is 0 Å². The molecule has 24 heavy (non-hydrogen) atoms. The molecular weight excluding hydrogens is 322 g/mol. The molecule has 1 heterocycles. The standard InChI is InChI=1S/C18H17N3O2S/c22-24(23,20-14-15-7-2-1-3-8-15)21-17-10-6-9-16(13-17)18-11-4-5-12-19-18/h1-13,20-21H,14H2. The molecule has 122 valence electrons. The van der Waals surface area contributed by atoms with E-state index in [1.165, 1.54) is 0 Å². The molecule has 0 saturated heterocycles. The first kappa shape index (κ1) is 16.2. The molecule has 0 unspecified atom stereocenters. The predicted octanol–water partition coefficient (Wildman–Crippen LogP) is 3.20. The molecule has 0 bridgehead atoms. The zero-order valence-corrected chi connectivity index (χ0v) is 13.7. The van der Waals surface area contributed by atoms with E-state index < -0.39 is 10.2 Å². The van der Waals surface area contributed by atoms with Crippen molar-refractivity contribution in [2.24, 2.45) is 0 Å². The molecule has 3 aromatic rings. The average molecular weight is 339 g/mol. The number of pyridine rings is 1. The highest BCUT2D eigenvalue weighted by atomic mass is 32.2. The highest BCUT2D eigenvalue weighted by Crippen LogP contribution is 2.20. The van der Waals surface area contributed by atoms with Gasteiger partial charge in [-0.05, 0) is 29.8 Å². The quantitative estimate of drug-likeness (QED) is 0.724. The Bertz CT molecular complexity index is 898. The summed E-state index contributed by atoms with van der Waals surface area (Å²) in [6.07, 6.45) is 1.70. The minimum atomic E-state index is -3.65. The van der Waals surface area contributed by atoms with E-state index in [0.717, 1.165) is 16.8 Å². The molecule has 0 aliphatic rings. The van der Waals surface area contributed by atoms with E-state index in [2.05, 4.69) is 14.4 Å². The smallest absolute Gasteiger partial charge is 0.271 e. The summed E-state index contributed by atoms with van der Waals surface area (Å²) in [5.74, 6) is 0. The van der Waals surface area contributed by atoms with Crippen LogP contribution in [0.1, 0.15) is 5.56 Å². The third-order valence-corrected chi connectivity index (χ3v) is 4.41. The zero-order chi connectivity index (χ0) is 16.8. The Kier molecular flexibility index (Phi) is 4.88. The van der Waals surface area contributed by atoms with E-state index in [-0.39, 0.29) is 6.54 Å². The summed E-state index contributed by atoms with van der Waals surface area (Å²) in [7, 11) is -3.65. The Morgan fingerprint density at radius 1 is 0.875 bits per heavy atom. The van der Waals surface area contributed by atoms with Crippen molar-refractivity contribution in [1.82, 2.24) is 9.71 Å². The SMILES string of the molecule is O=S(=O)(NCc1ccccc1)Nc1cccc(-c2ccccn2)c1. The van der Waals surface area contributed by atoms with Gasteiger partial charge in [-0.1, -0.05) is 48.5 Å². The van der Waals surface area contributed by atoms with Crippen LogP contribution in [-0.4, -0.2) is 13.4 Å². The number of nitrogens with zero attached hydrogens (tertiary/aromatic N) is 1. The second-order valence-electron chi connectivity index (χ2n) is 5.21. The molecule has 5 nitrogen and oxygen atoms in total. The van der Waals surface area contributed by atoms with Crippen LogP contribution < -0.4 is 9.44 Å². The Morgan fingerprint density at radius 3 is 2.42 bits per heavy atom. The predicted molar refractivity (Wildman–Crippen MR) is 95.5 cm³/mol. The lowest BCUT2D eigenvalue weighted by Crippen LogP contribution is -2.29. The Balaban J connectivity index is 1.71. The normalized spacial score (nSPS) is 11.2. The molecule has 0 aliphatic heterocycles. The summed E-state index contributed by atoms with van der Waals surface area (Å²) in [6, 6.07) is 22.1. The lowest BCUT2D eigenvalue weighted by Gasteiger charge is -2.10. The molecule has 6 heteroatoms. The number of hydrogen-bond acceptors (Lipinski definition) is 3. The number of aromatic nitrogens is 1. The molecule has 0 saturated carbocycles. The Hall–Kier alpha value is -2.70. The van der Waals surface area contributed by atoms with Crippen LogP contribution in [0.25, 0.3) is 11.3 Å². The van der Waals surface area contributed by atoms with Crippen molar-refractivity contribution >= 4 is 15.9 Å². The number of benzene rings is 2. The maximum absolute atomic E-state index is 12.2. The van der Waals surface area contributed by atoms with Crippen LogP contribution in [0.3, 0.4) is 0 Å². The van der Waals surface area contributed by atoms with Crippen LogP contribution in [0.4, 0.5) is 5.69 Å². The third-order valence-electron chi connectivity index (χ3n) is 3.38. The molecule has 0 aliphatic carbocycles. The molecule has 0 radical (unpaired) electrons. The van der Waals surface area contributed by atoms with E-state index in [0.29, 0.717) is 5.69 Å². The minimum absolute atomic E-state index is 0.232. The number of rotatable bonds is 6. The summed E-state index contributed by atoms with van der Waals surface area (Å²) >= 11 is 0. The van der Waals surface area contributed by atoms with Gasteiger partial charge in [-0.25, -0.2) is 0 Å². The molecule has 0 amide bonds. The van der Waals surface area contributed by atoms with E-state index in [1.54, 1.807) is 24.4 Å². The molecule has 0 atom stereocenters. The summed E-state index contributed by atoms with van der Waals surface area (Å²) < 4.78 is 29.4. The molecule has 2 aromatic carbocycles. The molecule has 0 fully saturated rings. The fraction of sp³-hybridized carbons (Fsp3) is 0.0556. The van der Waals surface area contributed by atoms with Gasteiger partial charge in [-0.15, -0.1) is 0 Å². The van der Waals surface area contributed by atoms with Crippen molar-refractivity contribution < 1.29 is 8.42 Å². The zero-order valence-electron chi connectivity index (χ0n) is 12.9. The lowest BCUT2D eigenvalue weighted by atomic mass is 10.1. The Morgan fingerprint density at radius 2 is 1.67 bits per heavy atom. The molecular formula is C18H17N3O2S. The van der Waals surface area contributed by atoms with E-state index in [9.17, 15) is 8.42 Å². The first-order chi connectivity index (χ1) is 11.6. The van der Waals surface area contributed by atoms with E-state index >= 15 is 0 Å². The van der Waals surface area contributed by atoms with Gasteiger partial charge in [-0.2, -0.15) is 13.1 Å². The van der Waals surface area contributed by atoms with Gasteiger partial charge in [0.25, 0.3) is 10.2 Å². The number of anilines is 1. The minimum Gasteiger partial charge on any atom is -0.271 e. The van der Waals surface area contributed by atoms with Gasteiger partial charge >= 0.3 is 0 Å². The molecule has 2 N–H and O–H groups in total. The molecule has 0 spiro atoms. The summed E-state index contributed by atoms with van der Waals surface area (Å²) in [5.41, 5.74) is 3.01. The van der Waals surface area contributed by atoms with Crippen molar-refractivity contribution in [3.63, 3.8) is 0 Å². The van der Waals surface area contributed by atoms with Crippen molar-refractivity contribution in [3.8, 4) is 11.3 Å². The monoisotopic (exact) mass is 339 g/mol. The number of nitrogens with one attached hydrogen (secondary N) is 2. The van der Waals surface area contributed by atoms with Crippen LogP contribution in [0.5, 0.6) is 0 Å². The van der Waals surface area contributed by atoms with Gasteiger partial charge in [0.1, 0.15) is 0 Å². The van der Waals surface area contributed by atoms with Crippen LogP contribution in [0.15, 0.2) is 79.0 Å². The second kappa shape index (κ2) is 7.25. The third kappa shape index (κ3) is 4.41. The van der Waals surface area contributed by atoms with E-state index in [4.69, 9.17) is 0 Å². The van der Waals surface area contributed by atoms with Crippen LogP contribution in [0.2, 0.25) is 0 Å². The summed E-state index contributed by atoms with van der Waals surface area (Å²) in [6.45, 7) is 0.232. The van der Waals surface area contributed by atoms with Gasteiger partial charge in [0.05, 0.1) is 11.4 Å². The maximum Gasteiger partial charge on any atom is 0.299 e. The summed E-state index contributed by atoms with van der Waals surface area (Å²) in [5, 5.41) is 0. The summed E-state index contributed by atoms with van der Waals surface area (Å²) in [4.78, 5) is 4.27. The topological polar surface area (TPSA) is 71.1 Å². The van der Waals surface area contributed by atoms with Crippen LogP contribution in [0, 0.1) is 0 Å². The molecule has 1 aromatic heterocycles. The largest absolute Gasteiger partial charge is 0.299 e. The fourth-order valence-electron chi connectivity index (χ4n) is 2.24. The van der Waals surface area contributed by atoms with Gasteiger partial charge in [0.15, 0.2) is 0 Å². The molecule has 3 rings (SSSR count). The van der Waals surface area contributed by atoms with E-state index in [1.807, 2.05) is 54.6 Å². The van der Waals surface area contributed by atoms with Crippen molar-refractivity contribution in [2.75, 3.05) is 4.72 Å². The van der Waals surface area contributed by atoms with Gasteiger partial charge in [0.2, 0.25) is 0 Å². The van der Waals surface area contributed by atoms with Gasteiger partial charge < -0.3 is 0 Å². The highest BCUT2D eigenvalue weighted by molar-refractivity contribution is 7.90. The van der Waals surface area contributed by atoms with Crippen LogP contribution >= 0.6 is 0 Å². The highest BCUT2D eigenvalue weighted by Gasteiger charge is 2.10. The van der Waals surface area contributed by atoms with Gasteiger partial charge in [0, 0.05) is 18.3 Å². The van der Waals surface area contributed by atoms with Crippen molar-refractivity contribution in [2.45, 2.75) is 6.54 Å². The second-order valence-corrected chi connectivity index (χ2v) is 6.71. The number of hydrogen-bond donors (Lipinski definition) is 2. The average Bonchev–Trinajstić information content (AvgIpc) is 2.62.